The van der Waals surface area contributed by atoms with Gasteiger partial charge in [0.2, 0.25) is 0 Å². The molecule has 2 heterocycles. The van der Waals surface area contributed by atoms with Crippen molar-refractivity contribution in [3.63, 3.8) is 0 Å². The van der Waals surface area contributed by atoms with E-state index in [0.717, 1.165) is 16.9 Å². The lowest BCUT2D eigenvalue weighted by Crippen LogP contribution is -3.15. The van der Waals surface area contributed by atoms with Crippen molar-refractivity contribution >= 4 is 23.3 Å². The molecule has 3 aromatic rings. The van der Waals surface area contributed by atoms with Gasteiger partial charge < -0.3 is 5.32 Å². The number of Topliss-reactive ketones (excluding diaryl/α,β-unsaturated/α-hetero) is 1. The largest absolute Gasteiger partial charge is 0.351 e. The molecule has 3 aromatic carbocycles. The van der Waals surface area contributed by atoms with E-state index >= 15 is 0 Å². The van der Waals surface area contributed by atoms with Crippen LogP contribution in [0.3, 0.4) is 0 Å². The van der Waals surface area contributed by atoms with Gasteiger partial charge in [-0.2, -0.15) is 0 Å². The fraction of sp³-hybridized carbons (Fsp3) is 0.200. The minimum atomic E-state index is -0.434. The Kier molecular flexibility index (Phi) is 6.94. The first-order valence-corrected chi connectivity index (χ1v) is 12.4. The van der Waals surface area contributed by atoms with E-state index < -0.39 is 6.04 Å². The van der Waals surface area contributed by atoms with Crippen molar-refractivity contribution in [1.29, 1.82) is 0 Å². The number of rotatable bonds is 7. The van der Waals surface area contributed by atoms with Gasteiger partial charge in [-0.1, -0.05) is 90.5 Å². The van der Waals surface area contributed by atoms with E-state index in [2.05, 4.69) is 23.5 Å². The molecule has 0 spiro atoms. The summed E-state index contributed by atoms with van der Waals surface area (Å²) in [5.41, 5.74) is 2.80. The SMILES string of the molecule is O=C(c1ccccc1)[C@H]1[C@H](c2ccc(Cl)cc2)[C@@H](C(=O)NCCc2ccccc2)[NH+]2C=CC=C[C@H]12. The lowest BCUT2D eigenvalue weighted by Gasteiger charge is -2.24. The molecule has 1 amide bonds. The number of quaternary nitrogens is 1. The van der Waals surface area contributed by atoms with Crippen LogP contribution in [0, 0.1) is 5.92 Å². The highest BCUT2D eigenvalue weighted by Gasteiger charge is 2.58. The van der Waals surface area contributed by atoms with Crippen molar-refractivity contribution in [2.75, 3.05) is 6.54 Å². The summed E-state index contributed by atoms with van der Waals surface area (Å²) in [6.45, 7) is 0.543. The molecule has 2 aliphatic heterocycles. The molecule has 1 fully saturated rings. The molecule has 0 radical (unpaired) electrons. The Balaban J connectivity index is 1.49. The fourth-order valence-corrected chi connectivity index (χ4v) is 5.58. The van der Waals surface area contributed by atoms with Crippen molar-refractivity contribution in [2.45, 2.75) is 24.4 Å². The summed E-state index contributed by atoms with van der Waals surface area (Å²) in [5.74, 6) is -0.638. The number of hydrogen-bond acceptors (Lipinski definition) is 2. The van der Waals surface area contributed by atoms with Crippen LogP contribution >= 0.6 is 11.6 Å². The highest BCUT2D eigenvalue weighted by molar-refractivity contribution is 6.30. The van der Waals surface area contributed by atoms with E-state index in [1.807, 2.05) is 91.1 Å². The van der Waals surface area contributed by atoms with Gasteiger partial charge in [-0.3, -0.25) is 14.5 Å². The molecule has 5 atom stereocenters. The number of amides is 1. The summed E-state index contributed by atoms with van der Waals surface area (Å²) in [4.78, 5) is 28.6. The van der Waals surface area contributed by atoms with Crippen molar-refractivity contribution in [3.05, 3.63) is 131 Å². The molecule has 1 saturated heterocycles. The van der Waals surface area contributed by atoms with E-state index in [1.165, 1.54) is 5.56 Å². The van der Waals surface area contributed by atoms with Gasteiger partial charge in [0, 0.05) is 17.1 Å². The van der Waals surface area contributed by atoms with Gasteiger partial charge in [-0.25, -0.2) is 0 Å². The van der Waals surface area contributed by atoms with Crippen molar-refractivity contribution in [3.8, 4) is 0 Å². The fourth-order valence-electron chi connectivity index (χ4n) is 5.45. The Labute approximate surface area is 210 Å². The number of carbonyl (C=O) groups excluding carboxylic acids is 2. The predicted octanol–water partition coefficient (Wildman–Crippen LogP) is 4.00. The highest BCUT2D eigenvalue weighted by Crippen LogP contribution is 2.38. The van der Waals surface area contributed by atoms with Crippen LogP contribution in [0.25, 0.3) is 0 Å². The first-order valence-electron chi connectivity index (χ1n) is 12.0. The monoisotopic (exact) mass is 483 g/mol. The Morgan fingerprint density at radius 1 is 0.857 bits per heavy atom. The van der Waals surface area contributed by atoms with E-state index in [4.69, 9.17) is 11.6 Å². The third-order valence-electron chi connectivity index (χ3n) is 7.05. The lowest BCUT2D eigenvalue weighted by atomic mass is 9.77. The average Bonchev–Trinajstić information content (AvgIpc) is 3.25. The zero-order valence-corrected chi connectivity index (χ0v) is 20.1. The zero-order valence-electron chi connectivity index (χ0n) is 19.3. The van der Waals surface area contributed by atoms with Gasteiger partial charge in [0.1, 0.15) is 6.04 Å². The zero-order chi connectivity index (χ0) is 24.2. The van der Waals surface area contributed by atoms with Gasteiger partial charge in [0.25, 0.3) is 5.91 Å². The molecule has 2 aliphatic rings. The highest BCUT2D eigenvalue weighted by atomic mass is 35.5. The third kappa shape index (κ3) is 4.86. The molecule has 35 heavy (non-hydrogen) atoms. The summed E-state index contributed by atoms with van der Waals surface area (Å²) >= 11 is 6.19. The Hall–Kier alpha value is -3.47. The van der Waals surface area contributed by atoms with Gasteiger partial charge in [0.15, 0.2) is 11.8 Å². The number of allylic oxidation sites excluding steroid dienone is 2. The predicted molar refractivity (Wildman–Crippen MR) is 138 cm³/mol. The number of hydrogen-bond donors (Lipinski definition) is 2. The minimum absolute atomic E-state index is 0.0378. The molecule has 0 bridgehead atoms. The molecule has 4 nitrogen and oxygen atoms in total. The quantitative estimate of drug-likeness (QED) is 0.499. The lowest BCUT2D eigenvalue weighted by molar-refractivity contribution is -0.871. The Morgan fingerprint density at radius 3 is 2.26 bits per heavy atom. The van der Waals surface area contributed by atoms with E-state index in [-0.39, 0.29) is 29.6 Å². The van der Waals surface area contributed by atoms with Gasteiger partial charge in [-0.15, -0.1) is 0 Å². The van der Waals surface area contributed by atoms with Crippen molar-refractivity contribution < 1.29 is 14.5 Å². The molecule has 5 heteroatoms. The number of carbonyl (C=O) groups is 2. The molecule has 1 unspecified atom stereocenters. The first-order chi connectivity index (χ1) is 17.1. The molecule has 176 valence electrons. The van der Waals surface area contributed by atoms with Gasteiger partial charge in [-0.05, 0) is 41.8 Å². The van der Waals surface area contributed by atoms with Crippen LogP contribution in [0.15, 0.2) is 109 Å². The van der Waals surface area contributed by atoms with Crippen LogP contribution in [0.2, 0.25) is 5.02 Å². The molecule has 5 rings (SSSR count). The maximum Gasteiger partial charge on any atom is 0.279 e. The first kappa shape index (κ1) is 23.3. The number of halogens is 1. The van der Waals surface area contributed by atoms with E-state index in [9.17, 15) is 9.59 Å². The second-order valence-electron chi connectivity index (χ2n) is 9.11. The van der Waals surface area contributed by atoms with E-state index in [0.29, 0.717) is 17.1 Å². The second-order valence-corrected chi connectivity index (χ2v) is 9.54. The standard InChI is InChI=1S/C30H27ClN2O2/c31-24-16-14-22(15-17-24)26-27(29(34)23-11-5-2-6-12-23)25-13-7-8-20-33(25)28(26)30(35)32-19-18-21-9-3-1-4-10-21/h1-17,20,25-28H,18-19H2,(H,32,35)/p+1/t25-,26+,27-,28+/m1/s1. The van der Waals surface area contributed by atoms with Crippen LogP contribution in [0.4, 0.5) is 0 Å². The van der Waals surface area contributed by atoms with Crippen LogP contribution in [-0.2, 0) is 11.2 Å². The van der Waals surface area contributed by atoms with Crippen molar-refractivity contribution in [1.82, 2.24) is 5.32 Å². The molecular formula is C30H28ClN2O2+. The van der Waals surface area contributed by atoms with Crippen LogP contribution in [0.1, 0.15) is 27.4 Å². The molecule has 2 N–H and O–H groups in total. The number of fused-ring (bicyclic) bond motifs is 1. The van der Waals surface area contributed by atoms with Gasteiger partial charge >= 0.3 is 0 Å². The van der Waals surface area contributed by atoms with Crippen molar-refractivity contribution in [2.24, 2.45) is 5.92 Å². The number of ketones is 1. The van der Waals surface area contributed by atoms with Crippen LogP contribution in [-0.4, -0.2) is 30.3 Å². The molecular weight excluding hydrogens is 456 g/mol. The minimum Gasteiger partial charge on any atom is -0.351 e. The maximum absolute atomic E-state index is 13.9. The summed E-state index contributed by atoms with van der Waals surface area (Å²) < 4.78 is 0. The maximum atomic E-state index is 13.9. The molecule has 0 aromatic heterocycles. The summed E-state index contributed by atoms with van der Waals surface area (Å²) in [6, 6.07) is 26.5. The average molecular weight is 484 g/mol. The molecule has 0 aliphatic carbocycles. The number of benzene rings is 3. The topological polar surface area (TPSA) is 50.6 Å². The summed E-state index contributed by atoms with van der Waals surface area (Å²) in [5, 5.41) is 3.79. The Bertz CT molecular complexity index is 1240. The van der Waals surface area contributed by atoms with Crippen LogP contribution < -0.4 is 10.2 Å². The number of nitrogens with one attached hydrogen (secondary N) is 2. The second kappa shape index (κ2) is 10.4. The smallest absolute Gasteiger partial charge is 0.279 e. The third-order valence-corrected chi connectivity index (χ3v) is 7.30. The summed E-state index contributed by atoms with van der Waals surface area (Å²) in [6.07, 6.45) is 8.79. The van der Waals surface area contributed by atoms with E-state index in [1.54, 1.807) is 0 Å². The molecule has 0 saturated carbocycles. The summed E-state index contributed by atoms with van der Waals surface area (Å²) in [7, 11) is 0. The normalized spacial score (nSPS) is 24.7. The van der Waals surface area contributed by atoms with Gasteiger partial charge in [0.05, 0.1) is 18.0 Å². The Morgan fingerprint density at radius 2 is 1.54 bits per heavy atom. The van der Waals surface area contributed by atoms with Crippen LogP contribution in [0.5, 0.6) is 0 Å².